The van der Waals surface area contributed by atoms with Gasteiger partial charge in [-0.3, -0.25) is 5.10 Å². The van der Waals surface area contributed by atoms with Crippen molar-refractivity contribution in [2.45, 2.75) is 18.8 Å². The molecule has 0 radical (unpaired) electrons. The third-order valence-corrected chi connectivity index (χ3v) is 6.60. The first-order chi connectivity index (χ1) is 12.0. The number of piperazine rings is 1. The number of nitrogens with zero attached hydrogens (tertiary/aromatic N) is 3. The monoisotopic (exact) mass is 364 g/mol. The Labute approximate surface area is 148 Å². The van der Waals surface area contributed by atoms with E-state index in [0.717, 1.165) is 42.6 Å². The number of hydrogen-bond acceptors (Lipinski definition) is 5. The van der Waals surface area contributed by atoms with Crippen LogP contribution in [0.1, 0.15) is 24.3 Å². The lowest BCUT2D eigenvalue weighted by Gasteiger charge is -2.35. The first-order valence-corrected chi connectivity index (χ1v) is 10.6. The van der Waals surface area contributed by atoms with Gasteiger partial charge in [0, 0.05) is 50.5 Å². The van der Waals surface area contributed by atoms with Crippen LogP contribution in [-0.4, -0.2) is 68.6 Å². The van der Waals surface area contributed by atoms with Crippen LogP contribution in [0, 0.1) is 0 Å². The number of fused-ring (bicyclic) bond motifs is 1. The number of ether oxygens (including phenoxy) is 1. The van der Waals surface area contributed by atoms with Crippen molar-refractivity contribution in [2.24, 2.45) is 0 Å². The van der Waals surface area contributed by atoms with Gasteiger partial charge in [0.2, 0.25) is 10.0 Å². The highest BCUT2D eigenvalue weighted by Gasteiger charge is 2.26. The van der Waals surface area contributed by atoms with E-state index in [-0.39, 0.29) is 0 Å². The number of benzene rings is 1. The summed E-state index contributed by atoms with van der Waals surface area (Å²) in [5.41, 5.74) is 3.52. The molecule has 1 aromatic heterocycles. The van der Waals surface area contributed by atoms with Crippen molar-refractivity contribution >= 4 is 26.6 Å². The number of H-pyrrole nitrogens is 1. The molecular weight excluding hydrogens is 340 g/mol. The standard InChI is InChI=1S/C17H24N4O3S/c1-25(22,23)21-6-4-20(5-7-21)17-11-14(13-2-8-24-9-3-13)10-16-15(17)12-18-19-16/h10-13H,2-9H2,1H3,(H,18,19). The number of rotatable bonds is 3. The normalized spacial score (nSPS) is 21.1. The molecule has 2 aliphatic rings. The smallest absolute Gasteiger partial charge is 0.211 e. The number of anilines is 1. The quantitative estimate of drug-likeness (QED) is 0.894. The topological polar surface area (TPSA) is 78.5 Å². The molecule has 1 N–H and O–H groups in total. The minimum atomic E-state index is -3.11. The summed E-state index contributed by atoms with van der Waals surface area (Å²) in [6, 6.07) is 4.47. The van der Waals surface area contributed by atoms with Gasteiger partial charge in [-0.1, -0.05) is 0 Å². The average Bonchev–Trinajstić information content (AvgIpc) is 3.09. The summed E-state index contributed by atoms with van der Waals surface area (Å²) in [4.78, 5) is 2.28. The summed E-state index contributed by atoms with van der Waals surface area (Å²) in [5.74, 6) is 0.512. The van der Waals surface area contributed by atoms with Gasteiger partial charge in [0.05, 0.1) is 18.0 Å². The van der Waals surface area contributed by atoms with Gasteiger partial charge in [0.15, 0.2) is 0 Å². The fraction of sp³-hybridized carbons (Fsp3) is 0.588. The molecule has 2 aromatic rings. The molecule has 0 unspecified atom stereocenters. The average molecular weight is 364 g/mol. The third-order valence-electron chi connectivity index (χ3n) is 5.30. The minimum absolute atomic E-state index is 0.512. The van der Waals surface area contributed by atoms with Crippen molar-refractivity contribution in [3.63, 3.8) is 0 Å². The second-order valence-electron chi connectivity index (χ2n) is 6.91. The molecule has 0 bridgehead atoms. The van der Waals surface area contributed by atoms with E-state index < -0.39 is 10.0 Å². The molecule has 2 aliphatic heterocycles. The summed E-state index contributed by atoms with van der Waals surface area (Å²) in [6.07, 6.45) is 5.23. The van der Waals surface area contributed by atoms with Crippen LogP contribution in [0.15, 0.2) is 18.3 Å². The van der Waals surface area contributed by atoms with Gasteiger partial charge in [-0.2, -0.15) is 9.40 Å². The molecule has 1 aromatic carbocycles. The second kappa shape index (κ2) is 6.59. The van der Waals surface area contributed by atoms with E-state index in [4.69, 9.17) is 4.74 Å². The highest BCUT2D eigenvalue weighted by atomic mass is 32.2. The number of hydrogen-bond donors (Lipinski definition) is 1. The summed E-state index contributed by atoms with van der Waals surface area (Å²) >= 11 is 0. The Balaban J connectivity index is 1.63. The summed E-state index contributed by atoms with van der Waals surface area (Å²) in [6.45, 7) is 4.08. The maximum atomic E-state index is 11.7. The molecule has 0 atom stereocenters. The second-order valence-corrected chi connectivity index (χ2v) is 8.89. The Kier molecular flexibility index (Phi) is 4.43. The van der Waals surface area contributed by atoms with Crippen LogP contribution in [0.5, 0.6) is 0 Å². The lowest BCUT2D eigenvalue weighted by atomic mass is 9.90. The van der Waals surface area contributed by atoms with Gasteiger partial charge in [-0.25, -0.2) is 8.42 Å². The van der Waals surface area contributed by atoms with Crippen molar-refractivity contribution in [3.05, 3.63) is 23.9 Å². The highest BCUT2D eigenvalue weighted by Crippen LogP contribution is 2.35. The SMILES string of the molecule is CS(=O)(=O)N1CCN(c2cc(C3CCOCC3)cc3[nH]ncc23)CC1. The van der Waals surface area contributed by atoms with Crippen LogP contribution in [0.4, 0.5) is 5.69 Å². The first-order valence-electron chi connectivity index (χ1n) is 8.77. The molecule has 0 saturated carbocycles. The lowest BCUT2D eigenvalue weighted by Crippen LogP contribution is -2.48. The molecule has 2 saturated heterocycles. The first kappa shape index (κ1) is 16.8. The van der Waals surface area contributed by atoms with E-state index in [2.05, 4.69) is 27.2 Å². The molecular formula is C17H24N4O3S. The lowest BCUT2D eigenvalue weighted by molar-refractivity contribution is 0.0853. The summed E-state index contributed by atoms with van der Waals surface area (Å²) in [5, 5.41) is 8.41. The Morgan fingerprint density at radius 2 is 1.88 bits per heavy atom. The number of nitrogens with one attached hydrogen (secondary N) is 1. The van der Waals surface area contributed by atoms with Gasteiger partial charge in [-0.05, 0) is 36.5 Å². The van der Waals surface area contributed by atoms with E-state index in [9.17, 15) is 8.42 Å². The van der Waals surface area contributed by atoms with E-state index in [0.29, 0.717) is 32.1 Å². The van der Waals surface area contributed by atoms with Crippen LogP contribution in [0.3, 0.4) is 0 Å². The van der Waals surface area contributed by atoms with E-state index in [1.54, 1.807) is 4.31 Å². The fourth-order valence-corrected chi connectivity index (χ4v) is 4.67. The van der Waals surface area contributed by atoms with Crippen LogP contribution >= 0.6 is 0 Å². The van der Waals surface area contributed by atoms with Gasteiger partial charge in [0.25, 0.3) is 0 Å². The Hall–Kier alpha value is -1.64. The van der Waals surface area contributed by atoms with E-state index in [1.165, 1.54) is 11.8 Å². The molecule has 0 amide bonds. The molecule has 2 fully saturated rings. The van der Waals surface area contributed by atoms with Crippen LogP contribution in [0.2, 0.25) is 0 Å². The molecule has 7 nitrogen and oxygen atoms in total. The predicted octanol–water partition coefficient (Wildman–Crippen LogP) is 1.54. The largest absolute Gasteiger partial charge is 0.381 e. The molecule has 136 valence electrons. The van der Waals surface area contributed by atoms with Gasteiger partial charge in [0.1, 0.15) is 0 Å². The Morgan fingerprint density at radius 3 is 2.56 bits per heavy atom. The van der Waals surface area contributed by atoms with Crippen LogP contribution < -0.4 is 4.90 Å². The highest BCUT2D eigenvalue weighted by molar-refractivity contribution is 7.88. The van der Waals surface area contributed by atoms with Crippen molar-refractivity contribution in [1.29, 1.82) is 0 Å². The summed E-state index contributed by atoms with van der Waals surface area (Å²) in [7, 11) is -3.11. The molecule has 0 aliphatic carbocycles. The third kappa shape index (κ3) is 3.38. The zero-order chi connectivity index (χ0) is 17.4. The van der Waals surface area contributed by atoms with Gasteiger partial charge >= 0.3 is 0 Å². The van der Waals surface area contributed by atoms with Crippen molar-refractivity contribution < 1.29 is 13.2 Å². The summed E-state index contributed by atoms with van der Waals surface area (Å²) < 4.78 is 30.5. The zero-order valence-corrected chi connectivity index (χ0v) is 15.3. The van der Waals surface area contributed by atoms with Crippen molar-refractivity contribution in [2.75, 3.05) is 50.5 Å². The number of sulfonamides is 1. The fourth-order valence-electron chi connectivity index (χ4n) is 3.84. The molecule has 0 spiro atoms. The number of aromatic nitrogens is 2. The van der Waals surface area contributed by atoms with Crippen LogP contribution in [0.25, 0.3) is 10.9 Å². The molecule has 3 heterocycles. The van der Waals surface area contributed by atoms with Gasteiger partial charge in [-0.15, -0.1) is 0 Å². The maximum absolute atomic E-state index is 11.7. The molecule has 8 heteroatoms. The van der Waals surface area contributed by atoms with Gasteiger partial charge < -0.3 is 9.64 Å². The number of aromatic amines is 1. The molecule has 4 rings (SSSR count). The Bertz CT molecular complexity index is 850. The predicted molar refractivity (Wildman–Crippen MR) is 97.5 cm³/mol. The van der Waals surface area contributed by atoms with Crippen molar-refractivity contribution in [1.82, 2.24) is 14.5 Å². The van der Waals surface area contributed by atoms with E-state index >= 15 is 0 Å². The van der Waals surface area contributed by atoms with Crippen molar-refractivity contribution in [3.8, 4) is 0 Å². The Morgan fingerprint density at radius 1 is 1.16 bits per heavy atom. The molecule has 25 heavy (non-hydrogen) atoms. The minimum Gasteiger partial charge on any atom is -0.381 e. The van der Waals surface area contributed by atoms with Crippen LogP contribution in [-0.2, 0) is 14.8 Å². The zero-order valence-electron chi connectivity index (χ0n) is 14.4. The maximum Gasteiger partial charge on any atom is 0.211 e. The van der Waals surface area contributed by atoms with E-state index in [1.807, 2.05) is 6.20 Å².